The highest BCUT2D eigenvalue weighted by molar-refractivity contribution is 5.74. The van der Waals surface area contributed by atoms with E-state index in [-0.39, 0.29) is 18.7 Å². The van der Waals surface area contributed by atoms with Gasteiger partial charge in [0.2, 0.25) is 0 Å². The number of urea groups is 1. The summed E-state index contributed by atoms with van der Waals surface area (Å²) in [7, 11) is 0. The van der Waals surface area contributed by atoms with Crippen LogP contribution < -0.4 is 10.6 Å². The average molecular weight is 300 g/mol. The summed E-state index contributed by atoms with van der Waals surface area (Å²) in [6, 6.07) is 2.64. The Morgan fingerprint density at radius 3 is 2.76 bits per heavy atom. The molecule has 1 aliphatic rings. The Hall–Kier alpha value is -1.73. The molecule has 1 unspecified atom stereocenters. The zero-order chi connectivity index (χ0) is 15.5. The Bertz CT molecular complexity index is 515. The van der Waals surface area contributed by atoms with Gasteiger partial charge in [-0.25, -0.2) is 13.6 Å². The first-order valence-corrected chi connectivity index (χ1v) is 6.64. The quantitative estimate of drug-likeness (QED) is 0.768. The van der Waals surface area contributed by atoms with E-state index in [1.807, 2.05) is 0 Å². The summed E-state index contributed by atoms with van der Waals surface area (Å²) in [5.41, 5.74) is -0.362. The number of nitrogens with one attached hydrogen (secondary N) is 2. The van der Waals surface area contributed by atoms with Crippen molar-refractivity contribution in [2.24, 2.45) is 5.41 Å². The second-order valence-electron chi connectivity index (χ2n) is 5.34. The lowest BCUT2D eigenvalue weighted by molar-refractivity contribution is -0.132. The number of amides is 2. The normalized spacial score (nSPS) is 17.7. The van der Waals surface area contributed by atoms with Gasteiger partial charge in [-0.2, -0.15) is 0 Å². The summed E-state index contributed by atoms with van der Waals surface area (Å²) in [6.45, 7) is 2.51. The van der Waals surface area contributed by atoms with Gasteiger partial charge in [-0.05, 0) is 13.0 Å². The second-order valence-corrected chi connectivity index (χ2v) is 5.34. The lowest BCUT2D eigenvalue weighted by atomic mass is 9.87. The number of carbonyl (C=O) groups is 1. The Morgan fingerprint density at radius 1 is 1.48 bits per heavy atom. The number of hydrogen-bond donors (Lipinski definition) is 3. The molecule has 0 saturated carbocycles. The zero-order valence-corrected chi connectivity index (χ0v) is 11.7. The third-order valence-electron chi connectivity index (χ3n) is 3.57. The number of aliphatic hydroxyl groups is 1. The molecule has 1 aromatic rings. The smallest absolute Gasteiger partial charge is 0.315 e. The van der Waals surface area contributed by atoms with Crippen LogP contribution in [0.15, 0.2) is 18.2 Å². The minimum absolute atomic E-state index is 0.0778. The number of carbonyl (C=O) groups excluding carboxylic acids is 1. The van der Waals surface area contributed by atoms with Crippen LogP contribution in [0.2, 0.25) is 0 Å². The molecule has 1 aromatic carbocycles. The Kier molecular flexibility index (Phi) is 4.74. The van der Waals surface area contributed by atoms with E-state index in [4.69, 9.17) is 4.74 Å². The molecule has 0 bridgehead atoms. The molecule has 21 heavy (non-hydrogen) atoms. The number of hydrogen-bond acceptors (Lipinski definition) is 3. The van der Waals surface area contributed by atoms with E-state index in [1.165, 1.54) is 12.1 Å². The summed E-state index contributed by atoms with van der Waals surface area (Å²) in [4.78, 5) is 11.8. The standard InChI is InChI=1S/C14H18F2N2O3/c1-9(10-3-2-4-11(15)12(10)16)18-13(20)17-5-14(6-19)7-21-8-14/h2-4,9,19H,5-8H2,1H3,(H2,17,18,20). The van der Waals surface area contributed by atoms with E-state index in [0.29, 0.717) is 13.2 Å². The lowest BCUT2D eigenvalue weighted by Gasteiger charge is -2.39. The van der Waals surface area contributed by atoms with Crippen molar-refractivity contribution < 1.29 is 23.4 Å². The van der Waals surface area contributed by atoms with Crippen LogP contribution in [0.25, 0.3) is 0 Å². The van der Waals surface area contributed by atoms with Gasteiger partial charge >= 0.3 is 6.03 Å². The first-order valence-electron chi connectivity index (χ1n) is 6.64. The van der Waals surface area contributed by atoms with Crippen molar-refractivity contribution in [3.05, 3.63) is 35.4 Å². The maximum atomic E-state index is 13.6. The number of aliphatic hydroxyl groups excluding tert-OH is 1. The van der Waals surface area contributed by atoms with Gasteiger partial charge in [-0.15, -0.1) is 0 Å². The molecule has 0 aromatic heterocycles. The van der Waals surface area contributed by atoms with E-state index < -0.39 is 29.1 Å². The molecule has 2 rings (SSSR count). The van der Waals surface area contributed by atoms with Gasteiger partial charge in [0.15, 0.2) is 11.6 Å². The lowest BCUT2D eigenvalue weighted by Crippen LogP contribution is -2.54. The topological polar surface area (TPSA) is 70.6 Å². The third kappa shape index (κ3) is 3.48. The molecule has 2 amide bonds. The molecular formula is C14H18F2N2O3. The first kappa shape index (κ1) is 15.7. The second kappa shape index (κ2) is 6.36. The predicted molar refractivity (Wildman–Crippen MR) is 71.6 cm³/mol. The van der Waals surface area contributed by atoms with Gasteiger partial charge in [0, 0.05) is 12.1 Å². The maximum absolute atomic E-state index is 13.6. The van der Waals surface area contributed by atoms with Crippen molar-refractivity contribution in [1.82, 2.24) is 10.6 Å². The van der Waals surface area contributed by atoms with Crippen LogP contribution in [0.4, 0.5) is 13.6 Å². The zero-order valence-electron chi connectivity index (χ0n) is 11.7. The molecule has 1 fully saturated rings. The predicted octanol–water partition coefficient (Wildman–Crippen LogP) is 1.33. The highest BCUT2D eigenvalue weighted by atomic mass is 19.2. The molecule has 1 heterocycles. The van der Waals surface area contributed by atoms with E-state index in [2.05, 4.69) is 10.6 Å². The van der Waals surface area contributed by atoms with E-state index in [0.717, 1.165) is 6.07 Å². The van der Waals surface area contributed by atoms with Crippen molar-refractivity contribution in [2.45, 2.75) is 13.0 Å². The molecule has 7 heteroatoms. The molecule has 1 aliphatic heterocycles. The van der Waals surface area contributed by atoms with Gasteiger partial charge in [-0.3, -0.25) is 0 Å². The van der Waals surface area contributed by atoms with Crippen molar-refractivity contribution in [2.75, 3.05) is 26.4 Å². The molecule has 5 nitrogen and oxygen atoms in total. The van der Waals surface area contributed by atoms with Crippen molar-refractivity contribution >= 4 is 6.03 Å². The van der Waals surface area contributed by atoms with Crippen LogP contribution in [0.5, 0.6) is 0 Å². The van der Waals surface area contributed by atoms with Crippen LogP contribution in [-0.4, -0.2) is 37.5 Å². The van der Waals surface area contributed by atoms with Crippen LogP contribution in [0.3, 0.4) is 0 Å². The van der Waals surface area contributed by atoms with Crippen molar-refractivity contribution in [1.29, 1.82) is 0 Å². The highest BCUT2D eigenvalue weighted by Gasteiger charge is 2.38. The molecule has 0 radical (unpaired) electrons. The van der Waals surface area contributed by atoms with Gasteiger partial charge in [-0.1, -0.05) is 12.1 Å². The van der Waals surface area contributed by atoms with Gasteiger partial charge in [0.1, 0.15) is 0 Å². The minimum Gasteiger partial charge on any atom is -0.396 e. The monoisotopic (exact) mass is 300 g/mol. The third-order valence-corrected chi connectivity index (χ3v) is 3.57. The van der Waals surface area contributed by atoms with Crippen LogP contribution in [0.1, 0.15) is 18.5 Å². The first-order chi connectivity index (χ1) is 9.97. The summed E-state index contributed by atoms with van der Waals surface area (Å²) >= 11 is 0. The summed E-state index contributed by atoms with van der Waals surface area (Å²) in [5, 5.41) is 14.4. The van der Waals surface area contributed by atoms with Crippen molar-refractivity contribution in [3.8, 4) is 0 Å². The number of benzene rings is 1. The molecular weight excluding hydrogens is 282 g/mol. The highest BCUT2D eigenvalue weighted by Crippen LogP contribution is 2.25. The van der Waals surface area contributed by atoms with Crippen LogP contribution >= 0.6 is 0 Å². The molecule has 3 N–H and O–H groups in total. The Balaban J connectivity index is 1.88. The number of rotatable bonds is 5. The van der Waals surface area contributed by atoms with Gasteiger partial charge < -0.3 is 20.5 Å². The van der Waals surface area contributed by atoms with Gasteiger partial charge in [0.05, 0.1) is 31.3 Å². The fourth-order valence-electron chi connectivity index (χ4n) is 2.09. The number of ether oxygens (including phenoxy) is 1. The maximum Gasteiger partial charge on any atom is 0.315 e. The summed E-state index contributed by atoms with van der Waals surface area (Å²) < 4.78 is 31.8. The SMILES string of the molecule is CC(NC(=O)NCC1(CO)COC1)c1cccc(F)c1F. The van der Waals surface area contributed by atoms with E-state index in [9.17, 15) is 18.7 Å². The number of halogens is 2. The molecule has 116 valence electrons. The fraction of sp³-hybridized carbons (Fsp3) is 0.500. The van der Waals surface area contributed by atoms with E-state index in [1.54, 1.807) is 6.92 Å². The summed E-state index contributed by atoms with van der Waals surface area (Å²) in [5.74, 6) is -1.92. The van der Waals surface area contributed by atoms with Crippen LogP contribution in [-0.2, 0) is 4.74 Å². The largest absolute Gasteiger partial charge is 0.396 e. The van der Waals surface area contributed by atoms with Crippen LogP contribution in [0, 0.1) is 17.0 Å². The molecule has 1 saturated heterocycles. The average Bonchev–Trinajstić information content (AvgIpc) is 2.41. The van der Waals surface area contributed by atoms with E-state index >= 15 is 0 Å². The Morgan fingerprint density at radius 2 is 2.19 bits per heavy atom. The molecule has 0 spiro atoms. The fourth-order valence-corrected chi connectivity index (χ4v) is 2.09. The van der Waals surface area contributed by atoms with Gasteiger partial charge in [0.25, 0.3) is 0 Å². The summed E-state index contributed by atoms with van der Waals surface area (Å²) in [6.07, 6.45) is 0. The molecule has 0 aliphatic carbocycles. The molecule has 1 atom stereocenters. The Labute approximate surface area is 121 Å². The van der Waals surface area contributed by atoms with Crippen molar-refractivity contribution in [3.63, 3.8) is 0 Å². The minimum atomic E-state index is -0.968.